The number of rotatable bonds is 0. The number of amides is 1. The average Bonchev–Trinajstić information content (AvgIpc) is 2.12. The molecule has 1 aliphatic rings. The van der Waals surface area contributed by atoms with Gasteiger partial charge in [0.05, 0.1) is 11.3 Å². The van der Waals surface area contributed by atoms with Crippen LogP contribution in [-0.2, 0) is 11.3 Å². The molecule has 1 aromatic rings. The topological polar surface area (TPSA) is 38.3 Å². The van der Waals surface area contributed by atoms with Crippen molar-refractivity contribution >= 4 is 11.8 Å². The Kier molecular flexibility index (Phi) is 1.65. The molecule has 5 heteroatoms. The average molecular weight is 185 g/mol. The van der Waals surface area contributed by atoms with E-state index >= 15 is 0 Å². The van der Waals surface area contributed by atoms with Crippen LogP contribution >= 0.6 is 0 Å². The van der Waals surface area contributed by atoms with E-state index in [0.717, 1.165) is 6.07 Å². The van der Waals surface area contributed by atoms with Crippen LogP contribution in [0, 0.1) is 11.6 Å². The van der Waals surface area contributed by atoms with Crippen molar-refractivity contribution in [2.24, 2.45) is 0 Å². The third-order valence-corrected chi connectivity index (χ3v) is 1.78. The Morgan fingerprint density at radius 1 is 1.38 bits per heavy atom. The zero-order chi connectivity index (χ0) is 9.42. The monoisotopic (exact) mass is 185 g/mol. The number of carbonyl (C=O) groups excluding carboxylic acids is 1. The number of nitrogens with one attached hydrogen (secondary N) is 1. The van der Waals surface area contributed by atoms with Gasteiger partial charge in [0.1, 0.15) is 6.61 Å². The summed E-state index contributed by atoms with van der Waals surface area (Å²) in [6.07, 6.45) is -0.654. The second-order valence-corrected chi connectivity index (χ2v) is 2.59. The summed E-state index contributed by atoms with van der Waals surface area (Å²) < 4.78 is 30.1. The van der Waals surface area contributed by atoms with Crippen molar-refractivity contribution in [1.82, 2.24) is 0 Å². The van der Waals surface area contributed by atoms with Crippen LogP contribution in [0.1, 0.15) is 5.56 Å². The standard InChI is InChI=1S/C8H5F2NO2/c9-5-1-2-6-4(7(5)10)3-13-8(12)11-6/h1-2H,3H2,(H,11,12). The minimum atomic E-state index is -0.975. The van der Waals surface area contributed by atoms with Crippen molar-refractivity contribution in [3.63, 3.8) is 0 Å². The molecule has 3 nitrogen and oxygen atoms in total. The first kappa shape index (κ1) is 7.97. The third-order valence-electron chi connectivity index (χ3n) is 1.78. The molecule has 0 unspecified atom stereocenters. The normalized spacial score (nSPS) is 14.5. The summed E-state index contributed by atoms with van der Waals surface area (Å²) in [5.74, 6) is -1.92. The molecular weight excluding hydrogens is 180 g/mol. The molecule has 0 bridgehead atoms. The van der Waals surface area contributed by atoms with E-state index in [1.165, 1.54) is 6.07 Å². The Morgan fingerprint density at radius 2 is 2.15 bits per heavy atom. The molecule has 0 saturated heterocycles. The number of halogens is 2. The molecule has 13 heavy (non-hydrogen) atoms. The van der Waals surface area contributed by atoms with Crippen molar-refractivity contribution in [1.29, 1.82) is 0 Å². The lowest BCUT2D eigenvalue weighted by molar-refractivity contribution is 0.149. The second-order valence-electron chi connectivity index (χ2n) is 2.59. The molecule has 0 aromatic heterocycles. The van der Waals surface area contributed by atoms with Gasteiger partial charge in [-0.2, -0.15) is 0 Å². The van der Waals surface area contributed by atoms with E-state index < -0.39 is 17.7 Å². The van der Waals surface area contributed by atoms with Crippen LogP contribution in [0.25, 0.3) is 0 Å². The molecule has 1 aliphatic heterocycles. The summed E-state index contributed by atoms with van der Waals surface area (Å²) in [7, 11) is 0. The van der Waals surface area contributed by atoms with Crippen LogP contribution in [0.5, 0.6) is 0 Å². The van der Waals surface area contributed by atoms with Crippen molar-refractivity contribution in [3.05, 3.63) is 29.3 Å². The molecule has 2 rings (SSSR count). The van der Waals surface area contributed by atoms with Gasteiger partial charge in [0.15, 0.2) is 11.6 Å². The van der Waals surface area contributed by atoms with E-state index in [9.17, 15) is 13.6 Å². The van der Waals surface area contributed by atoms with Crippen LogP contribution in [0.4, 0.5) is 19.3 Å². The molecule has 1 N–H and O–H groups in total. The van der Waals surface area contributed by atoms with Gasteiger partial charge in [0.25, 0.3) is 0 Å². The number of fused-ring (bicyclic) bond motifs is 1. The molecule has 0 fully saturated rings. The van der Waals surface area contributed by atoms with Gasteiger partial charge in [0.2, 0.25) is 0 Å². The minimum absolute atomic E-state index is 0.0413. The Labute approximate surface area is 72.3 Å². The van der Waals surface area contributed by atoms with Gasteiger partial charge < -0.3 is 4.74 Å². The summed E-state index contributed by atoms with van der Waals surface area (Å²) >= 11 is 0. The molecule has 1 aromatic carbocycles. The van der Waals surface area contributed by atoms with Crippen molar-refractivity contribution in [3.8, 4) is 0 Å². The molecule has 0 spiro atoms. The number of ether oxygens (including phenoxy) is 1. The fourth-order valence-corrected chi connectivity index (χ4v) is 1.13. The Bertz CT molecular complexity index is 379. The molecule has 68 valence electrons. The lowest BCUT2D eigenvalue weighted by Gasteiger charge is -2.17. The quantitative estimate of drug-likeness (QED) is 0.671. The van der Waals surface area contributed by atoms with E-state index in [-0.39, 0.29) is 17.9 Å². The highest BCUT2D eigenvalue weighted by molar-refractivity contribution is 5.87. The number of anilines is 1. The van der Waals surface area contributed by atoms with Crippen LogP contribution in [0.3, 0.4) is 0 Å². The molecule has 0 atom stereocenters. The Morgan fingerprint density at radius 3 is 2.92 bits per heavy atom. The van der Waals surface area contributed by atoms with Gasteiger partial charge in [-0.1, -0.05) is 0 Å². The SMILES string of the molecule is O=C1Nc2ccc(F)c(F)c2CO1. The molecule has 0 aliphatic carbocycles. The number of benzene rings is 1. The van der Waals surface area contributed by atoms with Crippen LogP contribution in [-0.4, -0.2) is 6.09 Å². The van der Waals surface area contributed by atoms with Gasteiger partial charge in [-0.05, 0) is 12.1 Å². The number of cyclic esters (lactones) is 1. The lowest BCUT2D eigenvalue weighted by atomic mass is 10.1. The van der Waals surface area contributed by atoms with E-state index in [4.69, 9.17) is 0 Å². The van der Waals surface area contributed by atoms with Gasteiger partial charge >= 0.3 is 6.09 Å². The van der Waals surface area contributed by atoms with Gasteiger partial charge in [-0.25, -0.2) is 13.6 Å². The molecule has 1 heterocycles. The summed E-state index contributed by atoms with van der Waals surface area (Å²) in [6.45, 7) is -0.231. The van der Waals surface area contributed by atoms with Gasteiger partial charge in [-0.3, -0.25) is 5.32 Å². The van der Waals surface area contributed by atoms with Crippen LogP contribution < -0.4 is 5.32 Å². The maximum absolute atomic E-state index is 13.0. The molecule has 1 amide bonds. The highest BCUT2D eigenvalue weighted by Crippen LogP contribution is 2.25. The zero-order valence-electron chi connectivity index (χ0n) is 6.43. The number of carbonyl (C=O) groups is 1. The predicted octanol–water partition coefficient (Wildman–Crippen LogP) is 2.03. The number of hydrogen-bond donors (Lipinski definition) is 1. The fraction of sp³-hybridized carbons (Fsp3) is 0.125. The van der Waals surface area contributed by atoms with E-state index in [1.807, 2.05) is 0 Å². The van der Waals surface area contributed by atoms with E-state index in [2.05, 4.69) is 10.1 Å². The van der Waals surface area contributed by atoms with Gasteiger partial charge in [-0.15, -0.1) is 0 Å². The third kappa shape index (κ3) is 1.22. The number of hydrogen-bond acceptors (Lipinski definition) is 2. The van der Waals surface area contributed by atoms with E-state index in [0.29, 0.717) is 0 Å². The van der Waals surface area contributed by atoms with Crippen LogP contribution in [0.15, 0.2) is 12.1 Å². The zero-order valence-corrected chi connectivity index (χ0v) is 6.43. The Hall–Kier alpha value is -1.65. The summed E-state index contributed by atoms with van der Waals surface area (Å²) in [6, 6.07) is 2.26. The summed E-state index contributed by atoms with van der Waals surface area (Å²) in [5, 5.41) is 2.26. The summed E-state index contributed by atoms with van der Waals surface area (Å²) in [5.41, 5.74) is 0.301. The second kappa shape index (κ2) is 2.69. The molecule has 0 radical (unpaired) electrons. The Balaban J connectivity index is 2.53. The van der Waals surface area contributed by atoms with Crippen molar-refractivity contribution in [2.45, 2.75) is 6.61 Å². The maximum Gasteiger partial charge on any atom is 0.411 e. The smallest absolute Gasteiger partial charge is 0.411 e. The highest BCUT2D eigenvalue weighted by atomic mass is 19.2. The first-order valence-electron chi connectivity index (χ1n) is 3.59. The molecule has 0 saturated carbocycles. The highest BCUT2D eigenvalue weighted by Gasteiger charge is 2.21. The lowest BCUT2D eigenvalue weighted by Crippen LogP contribution is -2.21. The first-order valence-corrected chi connectivity index (χ1v) is 3.59. The van der Waals surface area contributed by atoms with Crippen LogP contribution in [0.2, 0.25) is 0 Å². The fourth-order valence-electron chi connectivity index (χ4n) is 1.13. The van der Waals surface area contributed by atoms with Crippen molar-refractivity contribution < 1.29 is 18.3 Å². The first-order chi connectivity index (χ1) is 6.18. The minimum Gasteiger partial charge on any atom is -0.444 e. The maximum atomic E-state index is 13.0. The summed E-state index contributed by atoms with van der Waals surface area (Å²) in [4.78, 5) is 10.7. The van der Waals surface area contributed by atoms with Crippen molar-refractivity contribution in [2.75, 3.05) is 5.32 Å². The largest absolute Gasteiger partial charge is 0.444 e. The molecular formula is C8H5F2NO2. The van der Waals surface area contributed by atoms with E-state index in [1.54, 1.807) is 0 Å². The predicted molar refractivity (Wildman–Crippen MR) is 40.2 cm³/mol. The van der Waals surface area contributed by atoms with Gasteiger partial charge in [0, 0.05) is 0 Å².